The summed E-state index contributed by atoms with van der Waals surface area (Å²) in [4.78, 5) is 24.3. The highest BCUT2D eigenvalue weighted by Crippen LogP contribution is 2.25. The second-order valence-electron chi connectivity index (χ2n) is 7.14. The molecule has 1 aliphatic rings. The van der Waals surface area contributed by atoms with Crippen LogP contribution < -0.4 is 16.0 Å². The van der Waals surface area contributed by atoms with E-state index >= 15 is 0 Å². The van der Waals surface area contributed by atoms with Crippen LogP contribution in [0, 0.1) is 18.8 Å². The molecule has 1 unspecified atom stereocenters. The van der Waals surface area contributed by atoms with Gasteiger partial charge in [0.05, 0.1) is 0 Å². The van der Waals surface area contributed by atoms with E-state index in [1.807, 2.05) is 5.32 Å². The molecule has 2 rings (SSSR count). The summed E-state index contributed by atoms with van der Waals surface area (Å²) in [6, 6.07) is 4.46. The van der Waals surface area contributed by atoms with Gasteiger partial charge in [-0.2, -0.15) is 13.2 Å². The highest BCUT2D eigenvalue weighted by molar-refractivity contribution is 5.97. The Hall–Kier alpha value is -1.80. The maximum atomic E-state index is 12.4. The molecule has 0 aromatic heterocycles. The molecule has 0 radical (unpaired) electrons. The molecule has 1 atom stereocenters. The fraction of sp³-hybridized carbons (Fsp3) is 0.579. The smallest absolute Gasteiger partial charge is 0.343 e. The van der Waals surface area contributed by atoms with Crippen molar-refractivity contribution in [3.63, 3.8) is 0 Å². The molecule has 0 aliphatic carbocycles. The van der Waals surface area contributed by atoms with Crippen LogP contribution >= 0.6 is 12.4 Å². The van der Waals surface area contributed by atoms with E-state index in [-0.39, 0.29) is 29.8 Å². The van der Waals surface area contributed by atoms with Crippen molar-refractivity contribution in [1.29, 1.82) is 0 Å². The fourth-order valence-electron chi connectivity index (χ4n) is 3.25. The predicted molar refractivity (Wildman–Crippen MR) is 105 cm³/mol. The molecule has 2 amide bonds. The minimum absolute atomic E-state index is 0. The van der Waals surface area contributed by atoms with Gasteiger partial charge in [-0.15, -0.1) is 12.4 Å². The monoisotopic (exact) mass is 421 g/mol. The molecule has 1 saturated heterocycles. The maximum absolute atomic E-state index is 12.4. The van der Waals surface area contributed by atoms with E-state index in [1.54, 1.807) is 13.0 Å². The van der Waals surface area contributed by atoms with E-state index in [9.17, 15) is 22.8 Å². The van der Waals surface area contributed by atoms with Crippen molar-refractivity contribution in [2.24, 2.45) is 11.8 Å². The van der Waals surface area contributed by atoms with Gasteiger partial charge in [-0.3, -0.25) is 9.59 Å². The zero-order valence-corrected chi connectivity index (χ0v) is 16.8. The second kappa shape index (κ2) is 10.7. The minimum atomic E-state index is -4.47. The van der Waals surface area contributed by atoms with Gasteiger partial charge in [0.1, 0.15) is 6.54 Å². The summed E-state index contributed by atoms with van der Waals surface area (Å²) >= 11 is 0. The summed E-state index contributed by atoms with van der Waals surface area (Å²) in [6.07, 6.45) is -2.01. The Morgan fingerprint density at radius 3 is 2.50 bits per heavy atom. The van der Waals surface area contributed by atoms with Crippen LogP contribution in [0.25, 0.3) is 0 Å². The predicted octanol–water partition coefficient (Wildman–Crippen LogP) is 3.67. The molecule has 0 bridgehead atoms. The normalized spacial score (nSPS) is 16.0. The van der Waals surface area contributed by atoms with Crippen LogP contribution in [0.4, 0.5) is 18.9 Å². The average Bonchev–Trinajstić information content (AvgIpc) is 2.61. The Morgan fingerprint density at radius 2 is 1.89 bits per heavy atom. The molecule has 5 nitrogen and oxygen atoms in total. The van der Waals surface area contributed by atoms with E-state index in [4.69, 9.17) is 0 Å². The number of hydrogen-bond acceptors (Lipinski definition) is 3. The number of carbonyl (C=O) groups excluding carboxylic acids is 2. The Kier molecular flexibility index (Phi) is 9.23. The molecular formula is C19H27ClF3N3O2. The second-order valence-corrected chi connectivity index (χ2v) is 7.14. The lowest BCUT2D eigenvalue weighted by Crippen LogP contribution is -2.33. The van der Waals surface area contributed by atoms with Gasteiger partial charge in [-0.1, -0.05) is 13.0 Å². The lowest BCUT2D eigenvalue weighted by Gasteiger charge is -2.28. The molecule has 3 N–H and O–H groups in total. The molecule has 1 fully saturated rings. The first-order valence-electron chi connectivity index (χ1n) is 9.12. The quantitative estimate of drug-likeness (QED) is 0.656. The Morgan fingerprint density at radius 1 is 1.25 bits per heavy atom. The molecule has 0 spiro atoms. The van der Waals surface area contributed by atoms with E-state index in [0.717, 1.165) is 31.5 Å². The van der Waals surface area contributed by atoms with Gasteiger partial charge in [0.25, 0.3) is 5.91 Å². The molecule has 1 aliphatic heterocycles. The van der Waals surface area contributed by atoms with Crippen molar-refractivity contribution in [2.75, 3.05) is 25.0 Å². The fourth-order valence-corrected chi connectivity index (χ4v) is 3.25. The first-order chi connectivity index (χ1) is 12.7. The number of anilines is 1. The number of aryl methyl sites for hydroxylation is 1. The van der Waals surface area contributed by atoms with Crippen molar-refractivity contribution in [3.05, 3.63) is 29.3 Å². The summed E-state index contributed by atoms with van der Waals surface area (Å²) in [6.45, 7) is 4.36. The third-order valence-electron chi connectivity index (χ3n) is 4.92. The van der Waals surface area contributed by atoms with Crippen LogP contribution in [-0.4, -0.2) is 37.6 Å². The van der Waals surface area contributed by atoms with E-state index in [2.05, 4.69) is 17.6 Å². The molecule has 28 heavy (non-hydrogen) atoms. The van der Waals surface area contributed by atoms with Gasteiger partial charge in [0.15, 0.2) is 0 Å². The van der Waals surface area contributed by atoms with Crippen LogP contribution in [0.3, 0.4) is 0 Å². The first-order valence-corrected chi connectivity index (χ1v) is 9.12. The highest BCUT2D eigenvalue weighted by atomic mass is 35.5. The molecule has 158 valence electrons. The molecule has 1 aromatic rings. The van der Waals surface area contributed by atoms with Gasteiger partial charge in [0, 0.05) is 17.7 Å². The largest absolute Gasteiger partial charge is 0.405 e. The molecule has 0 saturated carbocycles. The molecule has 1 heterocycles. The van der Waals surface area contributed by atoms with Gasteiger partial charge >= 0.3 is 6.18 Å². The van der Waals surface area contributed by atoms with E-state index in [0.29, 0.717) is 18.0 Å². The summed E-state index contributed by atoms with van der Waals surface area (Å²) in [7, 11) is 0. The number of benzene rings is 1. The number of halogens is 4. The number of nitrogens with one attached hydrogen (secondary N) is 3. The minimum Gasteiger partial charge on any atom is -0.343 e. The molecule has 1 aromatic carbocycles. The molecular weight excluding hydrogens is 395 g/mol. The standard InChI is InChI=1S/C19H26F3N3O2.ClH/c1-12-3-4-15(18(27)24-11-19(20,21)22)10-16(12)25-17(26)9-13(2)14-5-7-23-8-6-14;/h3-4,10,13-14,23H,5-9,11H2,1-2H3,(H,24,27)(H,25,26);1H. The summed E-state index contributed by atoms with van der Waals surface area (Å²) in [5.74, 6) is -0.244. The van der Waals surface area contributed by atoms with Crippen LogP contribution in [-0.2, 0) is 4.79 Å². The van der Waals surface area contributed by atoms with Gasteiger partial charge in [-0.05, 0) is 62.4 Å². The SMILES string of the molecule is Cc1ccc(C(=O)NCC(F)(F)F)cc1NC(=O)CC(C)C1CCNCC1.Cl. The number of alkyl halides is 3. The third kappa shape index (κ3) is 7.67. The van der Waals surface area contributed by atoms with Crippen molar-refractivity contribution in [1.82, 2.24) is 10.6 Å². The number of rotatable bonds is 6. The van der Waals surface area contributed by atoms with Gasteiger partial charge in [-0.25, -0.2) is 0 Å². The van der Waals surface area contributed by atoms with Gasteiger partial charge < -0.3 is 16.0 Å². The van der Waals surface area contributed by atoms with Crippen LogP contribution in [0.5, 0.6) is 0 Å². The molecule has 9 heteroatoms. The van der Waals surface area contributed by atoms with Crippen molar-refractivity contribution < 1.29 is 22.8 Å². The summed E-state index contributed by atoms with van der Waals surface area (Å²) in [5.41, 5.74) is 1.26. The van der Waals surface area contributed by atoms with Crippen LogP contribution in [0.1, 0.15) is 42.1 Å². The first kappa shape index (κ1) is 24.2. The third-order valence-corrected chi connectivity index (χ3v) is 4.92. The average molecular weight is 422 g/mol. The Balaban J connectivity index is 0.00000392. The number of carbonyl (C=O) groups is 2. The zero-order valence-electron chi connectivity index (χ0n) is 16.0. The topological polar surface area (TPSA) is 70.2 Å². The van der Waals surface area contributed by atoms with Crippen LogP contribution in [0.2, 0.25) is 0 Å². The van der Waals surface area contributed by atoms with Crippen molar-refractivity contribution in [2.45, 2.75) is 39.3 Å². The van der Waals surface area contributed by atoms with Gasteiger partial charge in [0.2, 0.25) is 5.91 Å². The van der Waals surface area contributed by atoms with Crippen molar-refractivity contribution in [3.8, 4) is 0 Å². The lowest BCUT2D eigenvalue weighted by molar-refractivity contribution is -0.123. The van der Waals surface area contributed by atoms with Crippen molar-refractivity contribution >= 4 is 29.9 Å². The van der Waals surface area contributed by atoms with E-state index < -0.39 is 18.6 Å². The zero-order chi connectivity index (χ0) is 20.0. The number of hydrogen-bond donors (Lipinski definition) is 3. The number of amides is 2. The summed E-state index contributed by atoms with van der Waals surface area (Å²) in [5, 5.41) is 7.92. The highest BCUT2D eigenvalue weighted by Gasteiger charge is 2.28. The lowest BCUT2D eigenvalue weighted by atomic mass is 9.84. The summed E-state index contributed by atoms with van der Waals surface area (Å²) < 4.78 is 36.7. The van der Waals surface area contributed by atoms with E-state index in [1.165, 1.54) is 12.1 Å². The Labute approximate surface area is 169 Å². The maximum Gasteiger partial charge on any atom is 0.405 e. The van der Waals surface area contributed by atoms with Crippen LogP contribution in [0.15, 0.2) is 18.2 Å². The Bertz CT molecular complexity index is 677. The number of piperidine rings is 1.